The van der Waals surface area contributed by atoms with E-state index in [1.165, 1.54) is 6.20 Å². The molecule has 3 heterocycles. The first-order valence-corrected chi connectivity index (χ1v) is 9.60. The minimum atomic E-state index is -3.71. The fourth-order valence-corrected chi connectivity index (χ4v) is 4.02. The van der Waals surface area contributed by atoms with E-state index in [0.717, 1.165) is 23.7 Å². The molecule has 0 spiro atoms. The van der Waals surface area contributed by atoms with Crippen molar-refractivity contribution >= 4 is 26.6 Å². The number of nitrogens with one attached hydrogen (secondary N) is 1. The lowest BCUT2D eigenvalue weighted by molar-refractivity contribution is 0.0662. The quantitative estimate of drug-likeness (QED) is 0.775. The summed E-state index contributed by atoms with van der Waals surface area (Å²) in [7, 11) is -3.71. The molecule has 1 saturated heterocycles. The number of pyridine rings is 1. The van der Waals surface area contributed by atoms with Crippen LogP contribution in [0.4, 0.5) is 5.69 Å². The zero-order valence-electron chi connectivity index (χ0n) is 13.5. The van der Waals surface area contributed by atoms with Gasteiger partial charge in [0.15, 0.2) is 0 Å². The molecule has 4 rings (SSSR count). The van der Waals surface area contributed by atoms with Gasteiger partial charge in [0.05, 0.1) is 23.4 Å². The van der Waals surface area contributed by atoms with E-state index in [0.29, 0.717) is 18.9 Å². The van der Waals surface area contributed by atoms with Crippen LogP contribution in [0.15, 0.2) is 53.8 Å². The van der Waals surface area contributed by atoms with Crippen molar-refractivity contribution in [3.05, 3.63) is 48.9 Å². The van der Waals surface area contributed by atoms with Gasteiger partial charge in [0.2, 0.25) is 0 Å². The molecule has 1 aliphatic heterocycles. The number of aromatic nitrogens is 3. The number of rotatable bonds is 4. The van der Waals surface area contributed by atoms with Gasteiger partial charge in [-0.15, -0.1) is 0 Å². The predicted octanol–water partition coefficient (Wildman–Crippen LogP) is 2.58. The second kappa shape index (κ2) is 6.45. The van der Waals surface area contributed by atoms with Gasteiger partial charge in [-0.05, 0) is 37.1 Å². The molecule has 1 fully saturated rings. The van der Waals surface area contributed by atoms with E-state index >= 15 is 0 Å². The molecule has 0 unspecified atom stereocenters. The second-order valence-electron chi connectivity index (χ2n) is 5.98. The van der Waals surface area contributed by atoms with Crippen molar-refractivity contribution in [2.75, 3.05) is 17.9 Å². The van der Waals surface area contributed by atoms with Gasteiger partial charge >= 0.3 is 0 Å². The monoisotopic (exact) mass is 358 g/mol. The van der Waals surface area contributed by atoms with Crippen LogP contribution in [-0.2, 0) is 14.8 Å². The molecule has 7 nitrogen and oxygen atoms in total. The van der Waals surface area contributed by atoms with Gasteiger partial charge in [0.25, 0.3) is 10.0 Å². The molecule has 8 heteroatoms. The summed E-state index contributed by atoms with van der Waals surface area (Å²) in [6.45, 7) is 1.35. The third kappa shape index (κ3) is 3.22. The van der Waals surface area contributed by atoms with Gasteiger partial charge in [-0.3, -0.25) is 14.4 Å². The maximum Gasteiger partial charge on any atom is 0.265 e. The number of hydrogen-bond acceptors (Lipinski definition) is 5. The average molecular weight is 358 g/mol. The average Bonchev–Trinajstić information content (AvgIpc) is 3.14. The zero-order valence-corrected chi connectivity index (χ0v) is 14.3. The SMILES string of the molecule is O=S(=O)(Nc1cccc2ncccc12)c1cnn(C2CCOCC2)c1. The number of anilines is 1. The zero-order chi connectivity index (χ0) is 17.3. The van der Waals surface area contributed by atoms with Crippen molar-refractivity contribution in [1.29, 1.82) is 0 Å². The summed E-state index contributed by atoms with van der Waals surface area (Å²) >= 11 is 0. The molecule has 0 bridgehead atoms. The molecule has 1 aliphatic rings. The topological polar surface area (TPSA) is 86.1 Å². The van der Waals surface area contributed by atoms with Crippen LogP contribution >= 0.6 is 0 Å². The Hall–Kier alpha value is -2.45. The van der Waals surface area contributed by atoms with E-state index in [-0.39, 0.29) is 10.9 Å². The second-order valence-corrected chi connectivity index (χ2v) is 7.66. The first kappa shape index (κ1) is 16.0. The van der Waals surface area contributed by atoms with Gasteiger partial charge in [-0.1, -0.05) is 6.07 Å². The summed E-state index contributed by atoms with van der Waals surface area (Å²) in [5.74, 6) is 0. The molecule has 1 N–H and O–H groups in total. The van der Waals surface area contributed by atoms with Crippen molar-refractivity contribution in [2.24, 2.45) is 0 Å². The van der Waals surface area contributed by atoms with Crippen molar-refractivity contribution < 1.29 is 13.2 Å². The van der Waals surface area contributed by atoms with Crippen LogP contribution in [0.1, 0.15) is 18.9 Å². The number of benzene rings is 1. The fourth-order valence-electron chi connectivity index (χ4n) is 3.00. The first-order valence-electron chi connectivity index (χ1n) is 8.12. The van der Waals surface area contributed by atoms with Crippen molar-refractivity contribution in [3.8, 4) is 0 Å². The van der Waals surface area contributed by atoms with Crippen LogP contribution in [-0.4, -0.2) is 36.4 Å². The van der Waals surface area contributed by atoms with Crippen LogP contribution in [0.5, 0.6) is 0 Å². The highest BCUT2D eigenvalue weighted by Gasteiger charge is 2.21. The minimum absolute atomic E-state index is 0.153. The van der Waals surface area contributed by atoms with Crippen LogP contribution in [0, 0.1) is 0 Å². The normalized spacial score (nSPS) is 16.2. The molecule has 0 saturated carbocycles. The minimum Gasteiger partial charge on any atom is -0.381 e. The number of nitrogens with zero attached hydrogens (tertiary/aromatic N) is 3. The Morgan fingerprint density at radius 1 is 1.16 bits per heavy atom. The maximum absolute atomic E-state index is 12.7. The van der Waals surface area contributed by atoms with Crippen LogP contribution in [0.25, 0.3) is 10.9 Å². The van der Waals surface area contributed by atoms with E-state index in [2.05, 4.69) is 14.8 Å². The molecule has 0 aliphatic carbocycles. The highest BCUT2D eigenvalue weighted by molar-refractivity contribution is 7.92. The van der Waals surface area contributed by atoms with E-state index in [9.17, 15) is 8.42 Å². The Morgan fingerprint density at radius 3 is 2.84 bits per heavy atom. The Morgan fingerprint density at radius 2 is 2.00 bits per heavy atom. The van der Waals surface area contributed by atoms with Crippen molar-refractivity contribution in [1.82, 2.24) is 14.8 Å². The Labute approximate surface area is 145 Å². The maximum atomic E-state index is 12.7. The van der Waals surface area contributed by atoms with Crippen LogP contribution < -0.4 is 4.72 Å². The Kier molecular flexibility index (Phi) is 4.14. The van der Waals surface area contributed by atoms with Gasteiger partial charge in [0, 0.05) is 31.0 Å². The number of ether oxygens (including phenoxy) is 1. The van der Waals surface area contributed by atoms with Gasteiger partial charge in [-0.25, -0.2) is 8.42 Å². The molecular formula is C17H18N4O3S. The lowest BCUT2D eigenvalue weighted by atomic mass is 10.1. The van der Waals surface area contributed by atoms with Gasteiger partial charge in [0.1, 0.15) is 4.90 Å². The molecule has 25 heavy (non-hydrogen) atoms. The third-order valence-electron chi connectivity index (χ3n) is 4.34. The first-order chi connectivity index (χ1) is 12.1. The molecule has 0 atom stereocenters. The molecule has 0 amide bonds. The third-order valence-corrected chi connectivity index (χ3v) is 5.66. The van der Waals surface area contributed by atoms with Crippen LogP contribution in [0.2, 0.25) is 0 Å². The molecule has 3 aromatic rings. The number of sulfonamides is 1. The highest BCUT2D eigenvalue weighted by atomic mass is 32.2. The lowest BCUT2D eigenvalue weighted by Crippen LogP contribution is -2.20. The Bertz CT molecular complexity index is 989. The van der Waals surface area contributed by atoms with E-state index in [1.807, 2.05) is 12.1 Å². The van der Waals surface area contributed by atoms with E-state index < -0.39 is 10.0 Å². The predicted molar refractivity (Wildman–Crippen MR) is 93.9 cm³/mol. The largest absolute Gasteiger partial charge is 0.381 e. The van der Waals surface area contributed by atoms with Crippen molar-refractivity contribution in [3.63, 3.8) is 0 Å². The summed E-state index contributed by atoms with van der Waals surface area (Å²) in [6, 6.07) is 9.15. The molecule has 130 valence electrons. The molecular weight excluding hydrogens is 340 g/mol. The van der Waals surface area contributed by atoms with Gasteiger partial charge in [-0.2, -0.15) is 5.10 Å². The molecule has 2 aromatic heterocycles. The van der Waals surface area contributed by atoms with E-state index in [4.69, 9.17) is 4.74 Å². The molecule has 1 aromatic carbocycles. The smallest absolute Gasteiger partial charge is 0.265 e. The highest BCUT2D eigenvalue weighted by Crippen LogP contribution is 2.25. The fraction of sp³-hybridized carbons (Fsp3) is 0.294. The summed E-state index contributed by atoms with van der Waals surface area (Å²) in [6.07, 6.45) is 6.33. The summed E-state index contributed by atoms with van der Waals surface area (Å²) in [5, 5.41) is 4.99. The lowest BCUT2D eigenvalue weighted by Gasteiger charge is -2.22. The van der Waals surface area contributed by atoms with Gasteiger partial charge < -0.3 is 4.74 Å². The summed E-state index contributed by atoms with van der Waals surface area (Å²) in [5.41, 5.74) is 1.24. The standard InChI is InChI=1S/C17H18N4O3S/c22-25(23,14-11-19-21(12-14)13-6-9-24-10-7-13)20-17-5-1-4-16-15(17)3-2-8-18-16/h1-5,8,11-13,20H,6-7,9-10H2. The number of fused-ring (bicyclic) bond motifs is 1. The Balaban J connectivity index is 1.62. The number of hydrogen-bond donors (Lipinski definition) is 1. The summed E-state index contributed by atoms with van der Waals surface area (Å²) in [4.78, 5) is 4.40. The summed E-state index contributed by atoms with van der Waals surface area (Å²) < 4.78 is 35.2. The molecule has 0 radical (unpaired) electrons. The van der Waals surface area contributed by atoms with E-state index in [1.54, 1.807) is 35.3 Å². The van der Waals surface area contributed by atoms with Crippen molar-refractivity contribution in [2.45, 2.75) is 23.8 Å². The van der Waals surface area contributed by atoms with Crippen LogP contribution in [0.3, 0.4) is 0 Å².